The molecular weight excluding hydrogens is 208 g/mol. The first-order valence-electron chi connectivity index (χ1n) is 6.15. The summed E-state index contributed by atoms with van der Waals surface area (Å²) in [6, 6.07) is 7.52. The fourth-order valence-electron chi connectivity index (χ4n) is 1.66. The third-order valence-electron chi connectivity index (χ3n) is 2.75. The van der Waals surface area contributed by atoms with E-state index in [-0.39, 0.29) is 0 Å². The molecule has 1 heteroatoms. The maximum atomic E-state index is 9.63. The minimum absolute atomic E-state index is 0.390. The van der Waals surface area contributed by atoms with Crippen LogP contribution in [0.4, 0.5) is 0 Å². The minimum atomic E-state index is 0.390. The SMILES string of the molecule is CC(C)=CCCC(C)=CCc1ccccc1O. The molecule has 0 unspecified atom stereocenters. The van der Waals surface area contributed by atoms with Gasteiger partial charge in [0.2, 0.25) is 0 Å². The lowest BCUT2D eigenvalue weighted by Gasteiger charge is -2.02. The highest BCUT2D eigenvalue weighted by molar-refractivity contribution is 5.33. The second-order valence-electron chi connectivity index (χ2n) is 4.70. The molecule has 92 valence electrons. The summed E-state index contributed by atoms with van der Waals surface area (Å²) < 4.78 is 0. The zero-order chi connectivity index (χ0) is 12.7. The summed E-state index contributed by atoms with van der Waals surface area (Å²) in [4.78, 5) is 0. The lowest BCUT2D eigenvalue weighted by atomic mass is 10.1. The van der Waals surface area contributed by atoms with Crippen LogP contribution in [0, 0.1) is 0 Å². The van der Waals surface area contributed by atoms with Crippen LogP contribution in [0.25, 0.3) is 0 Å². The molecule has 1 rings (SSSR count). The van der Waals surface area contributed by atoms with Crippen molar-refractivity contribution in [3.8, 4) is 5.75 Å². The average molecular weight is 230 g/mol. The van der Waals surface area contributed by atoms with Crippen molar-refractivity contribution in [2.75, 3.05) is 0 Å². The zero-order valence-electron chi connectivity index (χ0n) is 11.0. The summed E-state index contributed by atoms with van der Waals surface area (Å²) in [5.74, 6) is 0.390. The number of aromatic hydroxyl groups is 1. The Morgan fingerprint density at radius 1 is 1.12 bits per heavy atom. The van der Waals surface area contributed by atoms with Gasteiger partial charge in [0.05, 0.1) is 0 Å². The van der Waals surface area contributed by atoms with Crippen molar-refractivity contribution < 1.29 is 5.11 Å². The molecule has 0 saturated carbocycles. The van der Waals surface area contributed by atoms with Crippen molar-refractivity contribution in [2.24, 2.45) is 0 Å². The van der Waals surface area contributed by atoms with Gasteiger partial charge in [-0.15, -0.1) is 0 Å². The van der Waals surface area contributed by atoms with E-state index in [1.165, 1.54) is 11.1 Å². The number of allylic oxidation sites excluding steroid dienone is 4. The first-order valence-corrected chi connectivity index (χ1v) is 6.15. The van der Waals surface area contributed by atoms with Gasteiger partial charge in [0.25, 0.3) is 0 Å². The molecule has 0 spiro atoms. The van der Waals surface area contributed by atoms with Crippen LogP contribution >= 0.6 is 0 Å². The summed E-state index contributed by atoms with van der Waals surface area (Å²) in [6.07, 6.45) is 7.47. The highest BCUT2D eigenvalue weighted by Gasteiger charge is 1.97. The molecule has 1 aromatic rings. The molecule has 0 aliphatic heterocycles. The highest BCUT2D eigenvalue weighted by Crippen LogP contribution is 2.17. The summed E-state index contributed by atoms with van der Waals surface area (Å²) in [5, 5.41) is 9.63. The molecule has 17 heavy (non-hydrogen) atoms. The number of para-hydroxylation sites is 1. The van der Waals surface area contributed by atoms with Crippen LogP contribution in [0.5, 0.6) is 5.75 Å². The minimum Gasteiger partial charge on any atom is -0.508 e. The predicted molar refractivity (Wildman–Crippen MR) is 74.2 cm³/mol. The van der Waals surface area contributed by atoms with E-state index < -0.39 is 0 Å². The van der Waals surface area contributed by atoms with Crippen LogP contribution in [0.3, 0.4) is 0 Å². The maximum Gasteiger partial charge on any atom is 0.119 e. The molecule has 1 aromatic carbocycles. The second-order valence-corrected chi connectivity index (χ2v) is 4.70. The maximum absolute atomic E-state index is 9.63. The number of hydrogen-bond donors (Lipinski definition) is 1. The van der Waals surface area contributed by atoms with Gasteiger partial charge >= 0.3 is 0 Å². The Balaban J connectivity index is 2.48. The highest BCUT2D eigenvalue weighted by atomic mass is 16.3. The summed E-state index contributed by atoms with van der Waals surface area (Å²) in [6.45, 7) is 6.40. The van der Waals surface area contributed by atoms with Crippen LogP contribution in [0.15, 0.2) is 47.6 Å². The predicted octanol–water partition coefficient (Wildman–Crippen LogP) is 4.63. The quantitative estimate of drug-likeness (QED) is 0.731. The Hall–Kier alpha value is -1.50. The number of benzene rings is 1. The zero-order valence-corrected chi connectivity index (χ0v) is 11.0. The third-order valence-corrected chi connectivity index (χ3v) is 2.75. The number of phenolic OH excluding ortho intramolecular Hbond substituents is 1. The number of hydrogen-bond acceptors (Lipinski definition) is 1. The van der Waals surface area contributed by atoms with Crippen LogP contribution in [-0.2, 0) is 6.42 Å². The van der Waals surface area contributed by atoms with E-state index in [9.17, 15) is 5.11 Å². The largest absolute Gasteiger partial charge is 0.508 e. The van der Waals surface area contributed by atoms with Crippen LogP contribution in [0.2, 0.25) is 0 Å². The van der Waals surface area contributed by atoms with Gasteiger partial charge in [-0.2, -0.15) is 0 Å². The van der Waals surface area contributed by atoms with Gasteiger partial charge in [0.1, 0.15) is 5.75 Å². The van der Waals surface area contributed by atoms with Gasteiger partial charge in [-0.05, 0) is 51.7 Å². The second kappa shape index (κ2) is 6.95. The molecule has 0 atom stereocenters. The van der Waals surface area contributed by atoms with E-state index in [2.05, 4.69) is 32.9 Å². The van der Waals surface area contributed by atoms with Crippen molar-refractivity contribution in [2.45, 2.75) is 40.0 Å². The number of rotatable bonds is 5. The molecule has 0 aromatic heterocycles. The Kier molecular flexibility index (Phi) is 5.55. The molecule has 0 aliphatic rings. The van der Waals surface area contributed by atoms with Gasteiger partial charge in [0.15, 0.2) is 0 Å². The van der Waals surface area contributed by atoms with Crippen LogP contribution in [0.1, 0.15) is 39.2 Å². The molecule has 1 N–H and O–H groups in total. The Morgan fingerprint density at radius 2 is 1.82 bits per heavy atom. The Bertz CT molecular complexity index is 409. The lowest BCUT2D eigenvalue weighted by molar-refractivity contribution is 0.469. The topological polar surface area (TPSA) is 20.2 Å². The van der Waals surface area contributed by atoms with E-state index >= 15 is 0 Å². The van der Waals surface area contributed by atoms with E-state index in [1.807, 2.05) is 18.2 Å². The van der Waals surface area contributed by atoms with Gasteiger partial charge in [-0.1, -0.05) is 41.5 Å². The van der Waals surface area contributed by atoms with Gasteiger partial charge < -0.3 is 5.11 Å². The summed E-state index contributed by atoms with van der Waals surface area (Å²) >= 11 is 0. The summed E-state index contributed by atoms with van der Waals surface area (Å²) in [7, 11) is 0. The number of phenols is 1. The Labute approximate surface area is 104 Å². The van der Waals surface area contributed by atoms with Crippen molar-refractivity contribution in [1.82, 2.24) is 0 Å². The lowest BCUT2D eigenvalue weighted by Crippen LogP contribution is -1.84. The Morgan fingerprint density at radius 3 is 2.47 bits per heavy atom. The van der Waals surface area contributed by atoms with Crippen molar-refractivity contribution in [3.05, 3.63) is 53.1 Å². The van der Waals surface area contributed by atoms with Crippen molar-refractivity contribution in [3.63, 3.8) is 0 Å². The summed E-state index contributed by atoms with van der Waals surface area (Å²) in [5.41, 5.74) is 3.75. The molecule has 1 nitrogen and oxygen atoms in total. The van der Waals surface area contributed by atoms with Crippen LogP contribution in [-0.4, -0.2) is 5.11 Å². The average Bonchev–Trinajstić information content (AvgIpc) is 2.27. The third kappa shape index (κ3) is 5.39. The van der Waals surface area contributed by atoms with Gasteiger partial charge in [-0.3, -0.25) is 0 Å². The fraction of sp³-hybridized carbons (Fsp3) is 0.375. The molecule has 0 saturated heterocycles. The van der Waals surface area contributed by atoms with Gasteiger partial charge in [0, 0.05) is 0 Å². The molecule has 0 bridgehead atoms. The fourth-order valence-corrected chi connectivity index (χ4v) is 1.66. The van der Waals surface area contributed by atoms with Crippen LogP contribution < -0.4 is 0 Å². The first kappa shape index (κ1) is 13.6. The molecule has 0 amide bonds. The van der Waals surface area contributed by atoms with E-state index in [0.29, 0.717) is 5.75 Å². The monoisotopic (exact) mass is 230 g/mol. The standard InChI is InChI=1S/C16H22O/c1-13(2)7-6-8-14(3)11-12-15-9-4-5-10-16(15)17/h4-5,7,9-11,17H,6,8,12H2,1-3H3. The first-order chi connectivity index (χ1) is 8.09. The van der Waals surface area contributed by atoms with E-state index in [4.69, 9.17) is 0 Å². The molecule has 0 fully saturated rings. The van der Waals surface area contributed by atoms with E-state index in [0.717, 1.165) is 24.8 Å². The molecule has 0 heterocycles. The van der Waals surface area contributed by atoms with Crippen molar-refractivity contribution in [1.29, 1.82) is 0 Å². The normalized spacial score (nSPS) is 11.4. The van der Waals surface area contributed by atoms with Gasteiger partial charge in [-0.25, -0.2) is 0 Å². The van der Waals surface area contributed by atoms with E-state index in [1.54, 1.807) is 6.07 Å². The smallest absolute Gasteiger partial charge is 0.119 e. The molecular formula is C16H22O. The molecule has 0 aliphatic carbocycles. The van der Waals surface area contributed by atoms with Crippen molar-refractivity contribution >= 4 is 0 Å². The molecule has 0 radical (unpaired) electrons.